The summed E-state index contributed by atoms with van der Waals surface area (Å²) in [7, 11) is 0. The molecule has 3 aliphatic rings. The van der Waals surface area contributed by atoms with E-state index in [1.807, 2.05) is 0 Å². The standard InChI is InChI=1S/C17H30N4O/c1-4-18-15(19-10-13-8-16(13,2)3)21-7-5-6-17(12-21)9-14(22)20-11-17/h13H,4-12H2,1-3H3,(H,18,19)(H,20,22). The number of aliphatic imine (C=N–C) groups is 1. The van der Waals surface area contributed by atoms with Crippen molar-refractivity contribution in [3.63, 3.8) is 0 Å². The lowest BCUT2D eigenvalue weighted by atomic mass is 9.79. The number of amides is 1. The van der Waals surface area contributed by atoms with Crippen LogP contribution in [-0.4, -0.2) is 49.5 Å². The SMILES string of the molecule is CCNC(=NCC1CC1(C)C)N1CCCC2(CNC(=O)C2)C1. The maximum absolute atomic E-state index is 11.6. The predicted octanol–water partition coefficient (Wildman–Crippen LogP) is 1.60. The number of likely N-dealkylation sites (tertiary alicyclic amines) is 1. The minimum absolute atomic E-state index is 0.129. The number of rotatable bonds is 3. The fourth-order valence-corrected chi connectivity index (χ4v) is 3.94. The van der Waals surface area contributed by atoms with E-state index in [4.69, 9.17) is 4.99 Å². The molecule has 2 unspecified atom stereocenters. The lowest BCUT2D eigenvalue weighted by molar-refractivity contribution is -0.119. The summed E-state index contributed by atoms with van der Waals surface area (Å²) in [6, 6.07) is 0. The van der Waals surface area contributed by atoms with E-state index in [2.05, 4.69) is 36.3 Å². The van der Waals surface area contributed by atoms with Crippen LogP contribution in [0.25, 0.3) is 0 Å². The van der Waals surface area contributed by atoms with E-state index in [0.717, 1.165) is 57.4 Å². The van der Waals surface area contributed by atoms with Crippen molar-refractivity contribution < 1.29 is 4.79 Å². The normalized spacial score (nSPS) is 34.0. The van der Waals surface area contributed by atoms with Gasteiger partial charge in [0.2, 0.25) is 5.91 Å². The second-order valence-corrected chi connectivity index (χ2v) is 8.06. The van der Waals surface area contributed by atoms with E-state index < -0.39 is 0 Å². The highest BCUT2D eigenvalue weighted by Crippen LogP contribution is 2.51. The van der Waals surface area contributed by atoms with E-state index in [1.165, 1.54) is 6.42 Å². The largest absolute Gasteiger partial charge is 0.357 e. The molecule has 3 rings (SSSR count). The zero-order chi connectivity index (χ0) is 15.8. The quantitative estimate of drug-likeness (QED) is 0.615. The maximum Gasteiger partial charge on any atom is 0.220 e. The summed E-state index contributed by atoms with van der Waals surface area (Å²) in [6.45, 7) is 11.4. The van der Waals surface area contributed by atoms with E-state index in [0.29, 0.717) is 11.8 Å². The summed E-state index contributed by atoms with van der Waals surface area (Å²) < 4.78 is 0. The van der Waals surface area contributed by atoms with Crippen LogP contribution in [-0.2, 0) is 4.79 Å². The van der Waals surface area contributed by atoms with Crippen LogP contribution in [0.4, 0.5) is 0 Å². The Labute approximate surface area is 133 Å². The number of hydrogen-bond acceptors (Lipinski definition) is 2. The van der Waals surface area contributed by atoms with Gasteiger partial charge >= 0.3 is 0 Å². The van der Waals surface area contributed by atoms with Gasteiger partial charge in [0.15, 0.2) is 5.96 Å². The number of guanidine groups is 1. The molecule has 5 heteroatoms. The van der Waals surface area contributed by atoms with Crippen molar-refractivity contribution in [2.45, 2.75) is 46.5 Å². The van der Waals surface area contributed by atoms with Crippen LogP contribution < -0.4 is 10.6 Å². The van der Waals surface area contributed by atoms with Gasteiger partial charge in [-0.1, -0.05) is 13.8 Å². The van der Waals surface area contributed by atoms with Crippen molar-refractivity contribution in [1.82, 2.24) is 15.5 Å². The first-order valence-corrected chi connectivity index (χ1v) is 8.74. The van der Waals surface area contributed by atoms with Crippen LogP contribution in [0.1, 0.15) is 46.5 Å². The number of nitrogens with one attached hydrogen (secondary N) is 2. The van der Waals surface area contributed by atoms with Crippen LogP contribution >= 0.6 is 0 Å². The Bertz CT molecular complexity index is 473. The molecule has 0 aromatic heterocycles. The zero-order valence-electron chi connectivity index (χ0n) is 14.2. The monoisotopic (exact) mass is 306 g/mol. The summed E-state index contributed by atoms with van der Waals surface area (Å²) in [5.41, 5.74) is 0.607. The first kappa shape index (κ1) is 15.6. The van der Waals surface area contributed by atoms with Crippen molar-refractivity contribution in [3.05, 3.63) is 0 Å². The molecule has 1 saturated carbocycles. The predicted molar refractivity (Wildman–Crippen MR) is 88.7 cm³/mol. The van der Waals surface area contributed by atoms with E-state index in [-0.39, 0.29) is 11.3 Å². The molecule has 2 atom stereocenters. The second kappa shape index (κ2) is 5.74. The van der Waals surface area contributed by atoms with Crippen molar-refractivity contribution in [2.24, 2.45) is 21.7 Å². The highest BCUT2D eigenvalue weighted by Gasteiger charge is 2.45. The average Bonchev–Trinajstić information content (AvgIpc) is 2.93. The van der Waals surface area contributed by atoms with Gasteiger partial charge < -0.3 is 15.5 Å². The highest BCUT2D eigenvalue weighted by molar-refractivity contribution is 5.81. The molecule has 22 heavy (non-hydrogen) atoms. The minimum Gasteiger partial charge on any atom is -0.357 e. The van der Waals surface area contributed by atoms with Gasteiger partial charge in [-0.3, -0.25) is 9.79 Å². The first-order valence-electron chi connectivity index (χ1n) is 8.74. The smallest absolute Gasteiger partial charge is 0.220 e. The molecule has 5 nitrogen and oxygen atoms in total. The summed E-state index contributed by atoms with van der Waals surface area (Å²) in [5.74, 6) is 1.99. The maximum atomic E-state index is 11.6. The van der Waals surface area contributed by atoms with Crippen molar-refractivity contribution in [3.8, 4) is 0 Å². The summed E-state index contributed by atoms with van der Waals surface area (Å²) in [6.07, 6.45) is 4.27. The molecule has 0 aromatic carbocycles. The van der Waals surface area contributed by atoms with Gasteiger partial charge in [-0.25, -0.2) is 0 Å². The van der Waals surface area contributed by atoms with E-state index >= 15 is 0 Å². The Hall–Kier alpha value is -1.26. The topological polar surface area (TPSA) is 56.7 Å². The van der Waals surface area contributed by atoms with Crippen molar-refractivity contribution in [1.29, 1.82) is 0 Å². The fourth-order valence-electron chi connectivity index (χ4n) is 3.94. The average molecular weight is 306 g/mol. The van der Waals surface area contributed by atoms with Gasteiger partial charge in [0.1, 0.15) is 0 Å². The van der Waals surface area contributed by atoms with Gasteiger partial charge in [-0.15, -0.1) is 0 Å². The Morgan fingerprint density at radius 1 is 1.50 bits per heavy atom. The molecule has 2 saturated heterocycles. The molecular weight excluding hydrogens is 276 g/mol. The minimum atomic E-state index is 0.129. The number of hydrogen-bond donors (Lipinski definition) is 2. The van der Waals surface area contributed by atoms with Crippen LogP contribution in [0, 0.1) is 16.7 Å². The molecule has 0 aromatic rings. The van der Waals surface area contributed by atoms with Gasteiger partial charge in [0.05, 0.1) is 0 Å². The highest BCUT2D eigenvalue weighted by atomic mass is 16.1. The third kappa shape index (κ3) is 3.23. The second-order valence-electron chi connectivity index (χ2n) is 8.06. The summed E-state index contributed by atoms with van der Waals surface area (Å²) in [4.78, 5) is 18.9. The number of carbonyl (C=O) groups is 1. The number of carbonyl (C=O) groups excluding carboxylic acids is 1. The molecule has 1 aliphatic carbocycles. The molecule has 3 fully saturated rings. The molecule has 2 heterocycles. The zero-order valence-corrected chi connectivity index (χ0v) is 14.2. The van der Waals surface area contributed by atoms with Gasteiger partial charge in [0, 0.05) is 44.6 Å². The van der Waals surface area contributed by atoms with Crippen molar-refractivity contribution >= 4 is 11.9 Å². The van der Waals surface area contributed by atoms with Crippen molar-refractivity contribution in [2.75, 3.05) is 32.7 Å². The number of piperidine rings is 1. The van der Waals surface area contributed by atoms with E-state index in [1.54, 1.807) is 0 Å². The molecule has 1 amide bonds. The molecule has 0 bridgehead atoms. The third-order valence-electron chi connectivity index (χ3n) is 5.67. The Morgan fingerprint density at radius 2 is 2.27 bits per heavy atom. The van der Waals surface area contributed by atoms with Crippen LogP contribution in [0.2, 0.25) is 0 Å². The van der Waals surface area contributed by atoms with Crippen LogP contribution in [0.15, 0.2) is 4.99 Å². The molecular formula is C17H30N4O. The lowest BCUT2D eigenvalue weighted by Crippen LogP contribution is -2.51. The molecule has 124 valence electrons. The summed E-state index contributed by atoms with van der Waals surface area (Å²) >= 11 is 0. The molecule has 0 radical (unpaired) electrons. The Balaban J connectivity index is 1.65. The van der Waals surface area contributed by atoms with Gasteiger partial charge in [-0.2, -0.15) is 0 Å². The molecule has 1 spiro atoms. The van der Waals surface area contributed by atoms with Gasteiger partial charge in [-0.05, 0) is 37.5 Å². The first-order chi connectivity index (χ1) is 10.4. The number of nitrogens with zero attached hydrogens (tertiary/aromatic N) is 2. The Morgan fingerprint density at radius 3 is 2.86 bits per heavy atom. The molecule has 2 N–H and O–H groups in total. The Kier molecular flexibility index (Phi) is 4.08. The van der Waals surface area contributed by atoms with Crippen LogP contribution in [0.5, 0.6) is 0 Å². The van der Waals surface area contributed by atoms with Gasteiger partial charge in [0.25, 0.3) is 0 Å². The fraction of sp³-hybridized carbons (Fsp3) is 0.882. The lowest BCUT2D eigenvalue weighted by Gasteiger charge is -2.40. The van der Waals surface area contributed by atoms with E-state index in [9.17, 15) is 4.79 Å². The molecule has 2 aliphatic heterocycles. The third-order valence-corrected chi connectivity index (χ3v) is 5.67. The van der Waals surface area contributed by atoms with Crippen LogP contribution in [0.3, 0.4) is 0 Å². The summed E-state index contributed by atoms with van der Waals surface area (Å²) in [5, 5.41) is 6.47.